The van der Waals surface area contributed by atoms with Gasteiger partial charge in [-0.3, -0.25) is 9.59 Å². The Bertz CT molecular complexity index is 1030. The number of nitrogens with one attached hydrogen (secondary N) is 1. The topological polar surface area (TPSA) is 96.6 Å². The number of hydrogen-bond acceptors (Lipinski definition) is 5. The van der Waals surface area contributed by atoms with Crippen molar-refractivity contribution in [3.8, 4) is 11.8 Å². The Morgan fingerprint density at radius 3 is 2.76 bits per heavy atom. The number of hydrogen-bond donors (Lipinski definition) is 2. The van der Waals surface area contributed by atoms with Gasteiger partial charge in [-0.15, -0.1) is 0 Å². The third kappa shape index (κ3) is 3.71. The minimum absolute atomic E-state index is 0.104. The molecule has 7 nitrogen and oxygen atoms in total. The molecule has 1 amide bonds. The maximum atomic E-state index is 12.5. The van der Waals surface area contributed by atoms with E-state index in [4.69, 9.17) is 5.11 Å². The third-order valence-electron chi connectivity index (χ3n) is 3.40. The van der Waals surface area contributed by atoms with E-state index < -0.39 is 11.5 Å². The lowest BCUT2D eigenvalue weighted by Crippen LogP contribution is -2.32. The Balaban J connectivity index is 1.89. The van der Waals surface area contributed by atoms with E-state index in [1.54, 1.807) is 12.1 Å². The van der Waals surface area contributed by atoms with Crippen LogP contribution in [0.4, 0.5) is 0 Å². The van der Waals surface area contributed by atoms with E-state index >= 15 is 0 Å². The predicted molar refractivity (Wildman–Crippen MR) is 90.8 cm³/mol. The Kier molecular flexibility index (Phi) is 4.83. The minimum atomic E-state index is -0.580. The van der Waals surface area contributed by atoms with Gasteiger partial charge in [0, 0.05) is 12.7 Å². The van der Waals surface area contributed by atoms with E-state index in [-0.39, 0.29) is 12.2 Å². The Morgan fingerprint density at radius 1 is 1.20 bits per heavy atom. The van der Waals surface area contributed by atoms with E-state index in [1.165, 1.54) is 6.20 Å². The molecule has 1 aromatic carbocycles. The fourth-order valence-corrected chi connectivity index (χ4v) is 2.19. The Labute approximate surface area is 143 Å². The van der Waals surface area contributed by atoms with Gasteiger partial charge in [0.25, 0.3) is 11.5 Å². The number of carbonyl (C=O) groups is 1. The normalized spacial score (nSPS) is 10.1. The molecular formula is C18H14N4O3. The van der Waals surface area contributed by atoms with Crippen molar-refractivity contribution in [1.82, 2.24) is 19.9 Å². The summed E-state index contributed by atoms with van der Waals surface area (Å²) in [6, 6.07) is 12.5. The first-order valence-corrected chi connectivity index (χ1v) is 7.50. The number of aliphatic hydroxyl groups excluding tert-OH is 1. The van der Waals surface area contributed by atoms with Crippen molar-refractivity contribution >= 4 is 11.6 Å². The number of benzene rings is 1. The summed E-state index contributed by atoms with van der Waals surface area (Å²) in [6.07, 6.45) is 1.23. The summed E-state index contributed by atoms with van der Waals surface area (Å²) >= 11 is 0. The van der Waals surface area contributed by atoms with Gasteiger partial charge in [-0.05, 0) is 23.6 Å². The summed E-state index contributed by atoms with van der Waals surface area (Å²) in [5.41, 5.74) is 0.840. The molecule has 0 aliphatic rings. The fourth-order valence-electron chi connectivity index (χ4n) is 2.19. The van der Waals surface area contributed by atoms with Gasteiger partial charge >= 0.3 is 0 Å². The SMILES string of the molecule is O=C(NCc1ccccc1)c1cnc2ccc(C#CCO)nn2c1=O. The lowest BCUT2D eigenvalue weighted by atomic mass is 10.2. The van der Waals surface area contributed by atoms with Gasteiger partial charge in [0.15, 0.2) is 5.65 Å². The Morgan fingerprint density at radius 2 is 2.00 bits per heavy atom. The van der Waals surface area contributed by atoms with Gasteiger partial charge in [0.1, 0.15) is 17.9 Å². The highest BCUT2D eigenvalue weighted by molar-refractivity contribution is 5.93. The zero-order chi connectivity index (χ0) is 17.6. The number of fused-ring (bicyclic) bond motifs is 1. The largest absolute Gasteiger partial charge is 0.384 e. The highest BCUT2D eigenvalue weighted by Gasteiger charge is 2.14. The molecule has 2 N–H and O–H groups in total. The number of aliphatic hydroxyl groups is 1. The van der Waals surface area contributed by atoms with Crippen molar-refractivity contribution in [1.29, 1.82) is 0 Å². The van der Waals surface area contributed by atoms with Crippen LogP contribution in [0.25, 0.3) is 5.65 Å². The summed E-state index contributed by atoms with van der Waals surface area (Å²) in [7, 11) is 0. The third-order valence-corrected chi connectivity index (χ3v) is 3.40. The summed E-state index contributed by atoms with van der Waals surface area (Å²) in [5.74, 6) is 4.54. The van der Waals surface area contributed by atoms with Crippen LogP contribution in [0.3, 0.4) is 0 Å². The van der Waals surface area contributed by atoms with E-state index in [9.17, 15) is 9.59 Å². The molecule has 0 saturated carbocycles. The summed E-state index contributed by atoms with van der Waals surface area (Å²) in [6.45, 7) is -0.00788. The van der Waals surface area contributed by atoms with Crippen molar-refractivity contribution in [3.05, 3.63) is 75.8 Å². The zero-order valence-electron chi connectivity index (χ0n) is 13.1. The molecule has 0 radical (unpaired) electrons. The Hall–Kier alpha value is -3.50. The van der Waals surface area contributed by atoms with E-state index in [0.717, 1.165) is 10.1 Å². The highest BCUT2D eigenvalue weighted by Crippen LogP contribution is 2.01. The lowest BCUT2D eigenvalue weighted by molar-refractivity contribution is 0.0948. The van der Waals surface area contributed by atoms with Crippen LogP contribution in [0.1, 0.15) is 21.6 Å². The second kappa shape index (κ2) is 7.38. The van der Waals surface area contributed by atoms with Crippen molar-refractivity contribution in [2.45, 2.75) is 6.54 Å². The molecule has 0 spiro atoms. The number of aromatic nitrogens is 3. The van der Waals surface area contributed by atoms with Gasteiger partial charge in [-0.2, -0.15) is 9.61 Å². The lowest BCUT2D eigenvalue weighted by Gasteiger charge is -2.06. The standard InChI is InChI=1S/C18H14N4O3/c23-10-4-7-14-8-9-16-19-12-15(18(25)22(16)21-14)17(24)20-11-13-5-2-1-3-6-13/h1-3,5-6,8-9,12,23H,10-11H2,(H,20,24). The molecule has 7 heteroatoms. The molecule has 0 aliphatic heterocycles. The molecule has 3 aromatic rings. The first-order valence-electron chi connectivity index (χ1n) is 7.50. The van der Waals surface area contributed by atoms with Crippen LogP contribution in [0.2, 0.25) is 0 Å². The maximum Gasteiger partial charge on any atom is 0.287 e. The molecule has 25 heavy (non-hydrogen) atoms. The quantitative estimate of drug-likeness (QED) is 0.674. The number of nitrogens with zero attached hydrogens (tertiary/aromatic N) is 3. The van der Waals surface area contributed by atoms with Crippen LogP contribution < -0.4 is 10.9 Å². The first kappa shape index (κ1) is 16.4. The van der Waals surface area contributed by atoms with E-state index in [2.05, 4.69) is 27.2 Å². The molecular weight excluding hydrogens is 320 g/mol. The van der Waals surface area contributed by atoms with Gasteiger partial charge in [-0.1, -0.05) is 36.3 Å². The summed E-state index contributed by atoms with van der Waals surface area (Å²) in [5, 5.41) is 15.5. The zero-order valence-corrected chi connectivity index (χ0v) is 13.1. The van der Waals surface area contributed by atoms with Crippen molar-refractivity contribution in [2.24, 2.45) is 0 Å². The number of carbonyl (C=O) groups excluding carboxylic acids is 1. The van der Waals surface area contributed by atoms with Crippen LogP contribution in [0.5, 0.6) is 0 Å². The smallest absolute Gasteiger partial charge is 0.287 e. The molecule has 2 aromatic heterocycles. The van der Waals surface area contributed by atoms with Crippen molar-refractivity contribution in [3.63, 3.8) is 0 Å². The molecule has 0 saturated heterocycles. The molecule has 0 aliphatic carbocycles. The summed E-state index contributed by atoms with van der Waals surface area (Å²) in [4.78, 5) is 28.9. The van der Waals surface area contributed by atoms with Gasteiger partial charge in [0.2, 0.25) is 0 Å². The number of rotatable bonds is 3. The minimum Gasteiger partial charge on any atom is -0.384 e. The van der Waals surface area contributed by atoms with Crippen molar-refractivity contribution < 1.29 is 9.90 Å². The molecule has 2 heterocycles. The number of amides is 1. The second-order valence-corrected chi connectivity index (χ2v) is 5.09. The van der Waals surface area contributed by atoms with Crippen LogP contribution in [-0.4, -0.2) is 32.2 Å². The average Bonchev–Trinajstić information content (AvgIpc) is 2.66. The molecule has 0 atom stereocenters. The van der Waals surface area contributed by atoms with Gasteiger partial charge in [-0.25, -0.2) is 4.98 Å². The molecule has 0 unspecified atom stereocenters. The molecule has 0 fully saturated rings. The van der Waals surface area contributed by atoms with Gasteiger partial charge < -0.3 is 10.4 Å². The highest BCUT2D eigenvalue weighted by atomic mass is 16.2. The first-order chi connectivity index (χ1) is 12.2. The predicted octanol–water partition coefficient (Wildman–Crippen LogP) is 0.363. The summed E-state index contributed by atoms with van der Waals surface area (Å²) < 4.78 is 1.03. The molecule has 3 rings (SSSR count). The monoisotopic (exact) mass is 334 g/mol. The van der Waals surface area contributed by atoms with Gasteiger partial charge in [0.05, 0.1) is 0 Å². The second-order valence-electron chi connectivity index (χ2n) is 5.09. The average molecular weight is 334 g/mol. The van der Waals surface area contributed by atoms with Crippen molar-refractivity contribution in [2.75, 3.05) is 6.61 Å². The van der Waals surface area contributed by atoms with Crippen LogP contribution in [0, 0.1) is 11.8 Å². The van der Waals surface area contributed by atoms with E-state index in [0.29, 0.717) is 17.9 Å². The van der Waals surface area contributed by atoms with Crippen LogP contribution in [0.15, 0.2) is 53.5 Å². The maximum absolute atomic E-state index is 12.5. The van der Waals surface area contributed by atoms with E-state index in [1.807, 2.05) is 30.3 Å². The fraction of sp³-hybridized carbons (Fsp3) is 0.111. The van der Waals surface area contributed by atoms with Crippen LogP contribution >= 0.6 is 0 Å². The molecule has 0 bridgehead atoms. The molecule has 124 valence electrons. The van der Waals surface area contributed by atoms with Crippen LogP contribution in [-0.2, 0) is 6.54 Å².